The summed E-state index contributed by atoms with van der Waals surface area (Å²) in [5.74, 6) is -3.29. The van der Waals surface area contributed by atoms with Crippen LogP contribution in [0.2, 0.25) is 0 Å². The summed E-state index contributed by atoms with van der Waals surface area (Å²) in [5, 5.41) is 14.2. The van der Waals surface area contributed by atoms with Crippen molar-refractivity contribution in [1.29, 1.82) is 0 Å². The molecule has 5 nitrogen and oxygen atoms in total. The molecule has 0 unspecified atom stereocenters. The Hall–Kier alpha value is -2.49. The Balaban J connectivity index is 2.41. The van der Waals surface area contributed by atoms with Gasteiger partial charge in [-0.2, -0.15) is 18.2 Å². The molecule has 0 aliphatic carbocycles. The van der Waals surface area contributed by atoms with Crippen molar-refractivity contribution in [3.05, 3.63) is 41.6 Å². The number of benzene rings is 1. The maximum atomic E-state index is 13.7. The van der Waals surface area contributed by atoms with Crippen LogP contribution in [0.3, 0.4) is 0 Å². The highest BCUT2D eigenvalue weighted by atomic mass is 19.4. The number of anilines is 3. The Morgan fingerprint density at radius 1 is 1.15 bits per heavy atom. The fourth-order valence-corrected chi connectivity index (χ4v) is 2.05. The molecule has 0 saturated carbocycles. The van der Waals surface area contributed by atoms with Gasteiger partial charge in [0.1, 0.15) is 5.82 Å². The monoisotopic (exact) mass is 376 g/mol. The molecule has 0 aliphatic heterocycles. The highest BCUT2D eigenvalue weighted by molar-refractivity contribution is 5.58. The van der Waals surface area contributed by atoms with Gasteiger partial charge >= 0.3 is 6.18 Å². The van der Waals surface area contributed by atoms with Gasteiger partial charge in [0, 0.05) is 6.07 Å². The molecule has 142 valence electrons. The van der Waals surface area contributed by atoms with Crippen molar-refractivity contribution in [1.82, 2.24) is 9.97 Å². The van der Waals surface area contributed by atoms with E-state index in [1.165, 1.54) is 6.07 Å². The molecular weight excluding hydrogens is 359 g/mol. The lowest BCUT2D eigenvalue weighted by Gasteiger charge is -2.21. The van der Waals surface area contributed by atoms with Crippen molar-refractivity contribution >= 4 is 17.5 Å². The number of alkyl halides is 3. The molecule has 2 rings (SSSR count). The first-order valence-corrected chi connectivity index (χ1v) is 7.66. The quantitative estimate of drug-likeness (QED) is 0.666. The van der Waals surface area contributed by atoms with E-state index in [-0.39, 0.29) is 24.0 Å². The number of nitrogens with zero attached hydrogens (tertiary/aromatic N) is 2. The molecule has 0 amide bonds. The number of rotatable bonds is 6. The third kappa shape index (κ3) is 4.78. The van der Waals surface area contributed by atoms with E-state index in [0.29, 0.717) is 6.07 Å². The standard InChI is InChI=1S/C16H17F5N4O/c1-8(2)11(7-26)23-15-24-12(16(19,20)21)6-13(25-15)22-10-5-3-4-9(17)14(10)18/h3-6,8,11,26H,7H2,1-2H3,(H2,22,23,24,25)/t11-/m0/s1. The molecule has 0 saturated heterocycles. The molecule has 0 aliphatic rings. The van der Waals surface area contributed by atoms with Crippen molar-refractivity contribution in [3.63, 3.8) is 0 Å². The maximum absolute atomic E-state index is 13.7. The Labute approximate surface area is 146 Å². The molecule has 0 fully saturated rings. The van der Waals surface area contributed by atoms with Crippen LogP contribution in [-0.2, 0) is 6.18 Å². The zero-order chi connectivity index (χ0) is 19.5. The third-order valence-corrected chi connectivity index (χ3v) is 3.55. The number of aliphatic hydroxyl groups is 1. The fraction of sp³-hybridized carbons (Fsp3) is 0.375. The summed E-state index contributed by atoms with van der Waals surface area (Å²) >= 11 is 0. The van der Waals surface area contributed by atoms with E-state index in [1.54, 1.807) is 13.8 Å². The molecule has 1 aromatic carbocycles. The molecule has 1 atom stereocenters. The molecular formula is C16H17F5N4O. The normalized spacial score (nSPS) is 13.0. The summed E-state index contributed by atoms with van der Waals surface area (Å²) in [6.07, 6.45) is -4.77. The highest BCUT2D eigenvalue weighted by Crippen LogP contribution is 2.31. The number of aromatic nitrogens is 2. The van der Waals surface area contributed by atoms with E-state index < -0.39 is 35.5 Å². The van der Waals surface area contributed by atoms with E-state index in [4.69, 9.17) is 0 Å². The summed E-state index contributed by atoms with van der Waals surface area (Å²) in [6.45, 7) is 3.16. The molecule has 10 heteroatoms. The Kier molecular flexibility index (Phi) is 5.96. The first-order chi connectivity index (χ1) is 12.1. The molecule has 2 aromatic rings. The fourth-order valence-electron chi connectivity index (χ4n) is 2.05. The zero-order valence-corrected chi connectivity index (χ0v) is 13.9. The lowest BCUT2D eigenvalue weighted by Crippen LogP contribution is -2.30. The van der Waals surface area contributed by atoms with Crippen LogP contribution < -0.4 is 10.6 Å². The van der Waals surface area contributed by atoms with Gasteiger partial charge in [0.15, 0.2) is 17.3 Å². The molecule has 1 heterocycles. The second-order valence-electron chi connectivity index (χ2n) is 5.86. The van der Waals surface area contributed by atoms with Gasteiger partial charge in [-0.3, -0.25) is 0 Å². The number of aliphatic hydroxyl groups excluding tert-OH is 1. The Morgan fingerprint density at radius 2 is 1.85 bits per heavy atom. The van der Waals surface area contributed by atoms with E-state index in [0.717, 1.165) is 12.1 Å². The lowest BCUT2D eigenvalue weighted by molar-refractivity contribution is -0.141. The molecule has 0 radical (unpaired) electrons. The average Bonchev–Trinajstić information content (AvgIpc) is 2.55. The lowest BCUT2D eigenvalue weighted by atomic mass is 10.1. The van der Waals surface area contributed by atoms with Crippen LogP contribution in [0, 0.1) is 17.6 Å². The second-order valence-corrected chi connectivity index (χ2v) is 5.86. The van der Waals surface area contributed by atoms with Gasteiger partial charge in [0.05, 0.1) is 18.3 Å². The highest BCUT2D eigenvalue weighted by Gasteiger charge is 2.34. The summed E-state index contributed by atoms with van der Waals surface area (Å²) < 4.78 is 66.2. The van der Waals surface area contributed by atoms with Crippen molar-refractivity contribution in [2.24, 2.45) is 5.92 Å². The Bertz CT molecular complexity index is 767. The number of hydrogen-bond acceptors (Lipinski definition) is 5. The summed E-state index contributed by atoms with van der Waals surface area (Å²) in [7, 11) is 0. The van der Waals surface area contributed by atoms with Crippen LogP contribution in [0.5, 0.6) is 0 Å². The summed E-state index contributed by atoms with van der Waals surface area (Å²) in [4.78, 5) is 7.24. The van der Waals surface area contributed by atoms with Gasteiger partial charge in [0.25, 0.3) is 0 Å². The predicted octanol–water partition coefficient (Wildman–Crippen LogP) is 3.95. The first kappa shape index (κ1) is 19.8. The molecule has 0 spiro atoms. The SMILES string of the molecule is CC(C)[C@H](CO)Nc1nc(Nc2cccc(F)c2F)cc(C(F)(F)F)n1. The van der Waals surface area contributed by atoms with E-state index in [1.807, 2.05) is 0 Å². The van der Waals surface area contributed by atoms with Gasteiger partial charge < -0.3 is 15.7 Å². The second kappa shape index (κ2) is 7.81. The summed E-state index contributed by atoms with van der Waals surface area (Å²) in [6, 6.07) is 3.23. The minimum Gasteiger partial charge on any atom is -0.394 e. The molecule has 26 heavy (non-hydrogen) atoms. The van der Waals surface area contributed by atoms with Crippen LogP contribution >= 0.6 is 0 Å². The Morgan fingerprint density at radius 3 is 2.42 bits per heavy atom. The third-order valence-electron chi connectivity index (χ3n) is 3.55. The van der Waals surface area contributed by atoms with E-state index >= 15 is 0 Å². The van der Waals surface area contributed by atoms with E-state index in [9.17, 15) is 27.1 Å². The predicted molar refractivity (Wildman–Crippen MR) is 86.0 cm³/mol. The zero-order valence-electron chi connectivity index (χ0n) is 13.9. The van der Waals surface area contributed by atoms with Gasteiger partial charge in [-0.25, -0.2) is 13.8 Å². The van der Waals surface area contributed by atoms with Gasteiger partial charge in [-0.1, -0.05) is 19.9 Å². The molecule has 3 N–H and O–H groups in total. The maximum Gasteiger partial charge on any atom is 0.433 e. The first-order valence-electron chi connectivity index (χ1n) is 7.66. The smallest absolute Gasteiger partial charge is 0.394 e. The minimum atomic E-state index is -4.77. The topological polar surface area (TPSA) is 70.1 Å². The van der Waals surface area contributed by atoms with Crippen molar-refractivity contribution in [2.45, 2.75) is 26.1 Å². The van der Waals surface area contributed by atoms with Crippen molar-refractivity contribution in [3.8, 4) is 0 Å². The number of nitrogens with one attached hydrogen (secondary N) is 2. The molecule has 1 aromatic heterocycles. The number of hydrogen-bond donors (Lipinski definition) is 3. The van der Waals surface area contributed by atoms with Crippen LogP contribution in [0.15, 0.2) is 24.3 Å². The van der Waals surface area contributed by atoms with Gasteiger partial charge in [0.2, 0.25) is 5.95 Å². The van der Waals surface area contributed by atoms with Crippen LogP contribution in [0.1, 0.15) is 19.5 Å². The molecule has 0 bridgehead atoms. The average molecular weight is 376 g/mol. The number of halogens is 5. The van der Waals surface area contributed by atoms with Crippen molar-refractivity contribution < 1.29 is 27.1 Å². The van der Waals surface area contributed by atoms with Crippen LogP contribution in [0.4, 0.5) is 39.4 Å². The van der Waals surface area contributed by atoms with Gasteiger partial charge in [-0.05, 0) is 18.1 Å². The van der Waals surface area contributed by atoms with E-state index in [2.05, 4.69) is 20.6 Å². The van der Waals surface area contributed by atoms with Crippen LogP contribution in [-0.4, -0.2) is 27.7 Å². The van der Waals surface area contributed by atoms with Gasteiger partial charge in [-0.15, -0.1) is 0 Å². The minimum absolute atomic E-state index is 0.116. The summed E-state index contributed by atoms with van der Waals surface area (Å²) in [5.41, 5.74) is -1.64. The van der Waals surface area contributed by atoms with Crippen molar-refractivity contribution in [2.75, 3.05) is 17.2 Å². The largest absolute Gasteiger partial charge is 0.433 e. The van der Waals surface area contributed by atoms with Crippen LogP contribution in [0.25, 0.3) is 0 Å².